The van der Waals surface area contributed by atoms with Crippen LogP contribution < -0.4 is 4.72 Å². The van der Waals surface area contributed by atoms with Gasteiger partial charge in [0, 0.05) is 24.2 Å². The average Bonchev–Trinajstić information content (AvgIpc) is 3.42. The fraction of sp³-hybridized carbons (Fsp3) is 0.235. The van der Waals surface area contributed by atoms with Gasteiger partial charge in [0.15, 0.2) is 0 Å². The third kappa shape index (κ3) is 3.71. The zero-order valence-corrected chi connectivity index (χ0v) is 15.8. The van der Waals surface area contributed by atoms with Crippen molar-refractivity contribution in [2.45, 2.75) is 17.1 Å². The zero-order chi connectivity index (χ0) is 18.9. The number of nitrogens with one attached hydrogen (secondary N) is 1. The van der Waals surface area contributed by atoms with E-state index in [2.05, 4.69) is 14.9 Å². The van der Waals surface area contributed by atoms with Crippen LogP contribution in [-0.2, 0) is 10.0 Å². The van der Waals surface area contributed by atoms with Crippen LogP contribution >= 0.6 is 11.3 Å². The average molecular weight is 404 g/mol. The van der Waals surface area contributed by atoms with Crippen LogP contribution in [0.2, 0.25) is 0 Å². The molecule has 1 aliphatic rings. The summed E-state index contributed by atoms with van der Waals surface area (Å²) in [6, 6.07) is 10.1. The summed E-state index contributed by atoms with van der Waals surface area (Å²) in [4.78, 5) is 14.0. The second-order valence-electron chi connectivity index (χ2n) is 6.04. The van der Waals surface area contributed by atoms with Crippen LogP contribution in [0.25, 0.3) is 11.5 Å². The van der Waals surface area contributed by atoms with Gasteiger partial charge in [-0.1, -0.05) is 18.2 Å². The number of benzene rings is 1. The van der Waals surface area contributed by atoms with E-state index in [-0.39, 0.29) is 21.9 Å². The third-order valence-corrected chi connectivity index (χ3v) is 6.94. The van der Waals surface area contributed by atoms with Crippen LogP contribution in [0.3, 0.4) is 0 Å². The number of carbonyl (C=O) groups is 1. The maximum atomic E-state index is 12.5. The van der Waals surface area contributed by atoms with Crippen LogP contribution in [0, 0.1) is 0 Å². The summed E-state index contributed by atoms with van der Waals surface area (Å²) in [5, 5.41) is 9.30. The Morgan fingerprint density at radius 3 is 2.63 bits per heavy atom. The SMILES string of the molecule is O=C(c1nnc(-c2csc(S(=O)(=O)Nc3ccccc3)c2)o1)N1CCCC1. The second-order valence-corrected chi connectivity index (χ2v) is 8.86. The van der Waals surface area contributed by atoms with Crippen LogP contribution in [0.1, 0.15) is 23.5 Å². The van der Waals surface area contributed by atoms with Crippen LogP contribution in [0.5, 0.6) is 0 Å². The Morgan fingerprint density at radius 2 is 1.89 bits per heavy atom. The second kappa shape index (κ2) is 7.12. The van der Waals surface area contributed by atoms with Gasteiger partial charge in [-0.3, -0.25) is 9.52 Å². The van der Waals surface area contributed by atoms with Crippen LogP contribution in [0.4, 0.5) is 5.69 Å². The van der Waals surface area contributed by atoms with Gasteiger partial charge >= 0.3 is 11.8 Å². The van der Waals surface area contributed by atoms with Crippen LogP contribution in [0.15, 0.2) is 50.4 Å². The fourth-order valence-corrected chi connectivity index (χ4v) is 4.98. The molecule has 0 aliphatic carbocycles. The molecule has 2 aromatic heterocycles. The molecular formula is C17H16N4O4S2. The fourth-order valence-electron chi connectivity index (χ4n) is 2.76. The molecule has 0 saturated carbocycles. The van der Waals surface area contributed by atoms with Gasteiger partial charge in [0.1, 0.15) is 4.21 Å². The summed E-state index contributed by atoms with van der Waals surface area (Å²) < 4.78 is 33.1. The minimum absolute atomic E-state index is 0.0788. The third-order valence-electron chi connectivity index (χ3n) is 4.11. The van der Waals surface area contributed by atoms with Gasteiger partial charge in [0.05, 0.1) is 5.56 Å². The predicted octanol–water partition coefficient (Wildman–Crippen LogP) is 2.83. The summed E-state index contributed by atoms with van der Waals surface area (Å²) in [5.74, 6) is -0.250. The van der Waals surface area contributed by atoms with E-state index >= 15 is 0 Å². The maximum absolute atomic E-state index is 12.5. The smallest absolute Gasteiger partial charge is 0.311 e. The van der Waals surface area contributed by atoms with E-state index in [0.717, 1.165) is 24.2 Å². The highest BCUT2D eigenvalue weighted by Gasteiger charge is 2.25. The van der Waals surface area contributed by atoms with Gasteiger partial charge in [0.2, 0.25) is 5.89 Å². The van der Waals surface area contributed by atoms with Gasteiger partial charge < -0.3 is 9.32 Å². The predicted molar refractivity (Wildman–Crippen MR) is 100.0 cm³/mol. The number of nitrogens with zero attached hydrogens (tertiary/aromatic N) is 3. The molecule has 27 heavy (non-hydrogen) atoms. The molecule has 0 radical (unpaired) electrons. The van der Waals surface area contributed by atoms with Crippen LogP contribution in [-0.4, -0.2) is 42.5 Å². The summed E-state index contributed by atoms with van der Waals surface area (Å²) in [7, 11) is -3.72. The van der Waals surface area contributed by atoms with Crippen molar-refractivity contribution in [3.63, 3.8) is 0 Å². The van der Waals surface area contributed by atoms with Gasteiger partial charge in [-0.25, -0.2) is 8.42 Å². The Bertz CT molecular complexity index is 1050. The lowest BCUT2D eigenvalue weighted by molar-refractivity contribution is 0.0754. The van der Waals surface area contributed by atoms with E-state index in [1.165, 1.54) is 6.07 Å². The molecule has 0 spiro atoms. The molecule has 0 atom stereocenters. The lowest BCUT2D eigenvalue weighted by atomic mass is 10.3. The topological polar surface area (TPSA) is 105 Å². The van der Waals surface area contributed by atoms with Crippen molar-refractivity contribution in [2.24, 2.45) is 0 Å². The first-order chi connectivity index (χ1) is 13.0. The minimum atomic E-state index is -3.72. The van der Waals surface area contributed by atoms with Crippen molar-refractivity contribution in [1.82, 2.24) is 15.1 Å². The van der Waals surface area contributed by atoms with Crippen molar-refractivity contribution >= 4 is 33.0 Å². The Labute approximate surface area is 159 Å². The Morgan fingerprint density at radius 1 is 1.15 bits per heavy atom. The Hall–Kier alpha value is -2.72. The van der Waals surface area contributed by atoms with Crippen molar-refractivity contribution in [1.29, 1.82) is 0 Å². The van der Waals surface area contributed by atoms with Crippen molar-refractivity contribution in [2.75, 3.05) is 17.8 Å². The molecule has 3 heterocycles. The largest absolute Gasteiger partial charge is 0.412 e. The maximum Gasteiger partial charge on any atom is 0.311 e. The first-order valence-corrected chi connectivity index (χ1v) is 10.7. The van der Waals surface area contributed by atoms with Gasteiger partial charge in [-0.15, -0.1) is 21.5 Å². The molecule has 1 N–H and O–H groups in total. The minimum Gasteiger partial charge on any atom is -0.412 e. The number of thiophene rings is 1. The van der Waals surface area contributed by atoms with E-state index < -0.39 is 10.0 Å². The number of anilines is 1. The summed E-state index contributed by atoms with van der Waals surface area (Å²) in [6.45, 7) is 1.37. The number of hydrogen-bond donors (Lipinski definition) is 1. The summed E-state index contributed by atoms with van der Waals surface area (Å²) in [5.41, 5.74) is 0.935. The molecule has 4 rings (SSSR count). The molecule has 140 valence electrons. The van der Waals surface area contributed by atoms with E-state index in [1.807, 2.05) is 0 Å². The molecule has 1 amide bonds. The first kappa shape index (κ1) is 17.7. The number of hydrogen-bond acceptors (Lipinski definition) is 7. The van der Waals surface area contributed by atoms with Gasteiger partial charge in [0.25, 0.3) is 10.0 Å². The summed E-state index contributed by atoms with van der Waals surface area (Å²) >= 11 is 1.04. The van der Waals surface area contributed by atoms with Gasteiger partial charge in [-0.05, 0) is 31.0 Å². The standard InChI is InChI=1S/C17H16N4O4S2/c22-17(21-8-4-5-9-21)16-19-18-15(25-16)12-10-14(26-11-12)27(23,24)20-13-6-2-1-3-7-13/h1-3,6-7,10-11,20H,4-5,8-9H2. The van der Waals surface area contributed by atoms with E-state index in [1.54, 1.807) is 40.6 Å². The Balaban J connectivity index is 1.53. The lowest BCUT2D eigenvalue weighted by Gasteiger charge is -2.11. The van der Waals surface area contributed by atoms with E-state index in [9.17, 15) is 13.2 Å². The number of rotatable bonds is 5. The van der Waals surface area contributed by atoms with E-state index in [0.29, 0.717) is 24.3 Å². The quantitative estimate of drug-likeness (QED) is 0.701. The number of likely N-dealkylation sites (tertiary alicyclic amines) is 1. The van der Waals surface area contributed by atoms with E-state index in [4.69, 9.17) is 4.42 Å². The number of sulfonamides is 1. The number of aromatic nitrogens is 2. The molecule has 1 aliphatic heterocycles. The number of amides is 1. The molecule has 3 aromatic rings. The highest BCUT2D eigenvalue weighted by Crippen LogP contribution is 2.29. The molecule has 1 aromatic carbocycles. The molecule has 1 saturated heterocycles. The summed E-state index contributed by atoms with van der Waals surface area (Å²) in [6.07, 6.45) is 1.93. The highest BCUT2D eigenvalue weighted by molar-refractivity contribution is 7.94. The Kier molecular flexibility index (Phi) is 4.66. The van der Waals surface area contributed by atoms with Crippen molar-refractivity contribution in [3.8, 4) is 11.5 Å². The monoisotopic (exact) mass is 404 g/mol. The molecule has 8 nitrogen and oxygen atoms in total. The highest BCUT2D eigenvalue weighted by atomic mass is 32.2. The first-order valence-electron chi connectivity index (χ1n) is 8.32. The van der Waals surface area contributed by atoms with Crippen molar-refractivity contribution in [3.05, 3.63) is 47.7 Å². The molecule has 1 fully saturated rings. The molecule has 10 heteroatoms. The molecule has 0 unspecified atom stereocenters. The number of para-hydroxylation sites is 1. The molecular weight excluding hydrogens is 388 g/mol. The number of carbonyl (C=O) groups excluding carboxylic acids is 1. The lowest BCUT2D eigenvalue weighted by Crippen LogP contribution is -2.27. The molecule has 0 bridgehead atoms. The normalized spacial score (nSPS) is 14.4. The van der Waals surface area contributed by atoms with Crippen molar-refractivity contribution < 1.29 is 17.6 Å². The van der Waals surface area contributed by atoms with Gasteiger partial charge in [-0.2, -0.15) is 0 Å². The zero-order valence-electron chi connectivity index (χ0n) is 14.2.